The lowest BCUT2D eigenvalue weighted by atomic mass is 10.5. The topological polar surface area (TPSA) is 59.0 Å². The number of hydrogen-bond acceptors (Lipinski definition) is 5. The Hall–Kier alpha value is 0.0700. The summed E-state index contributed by atoms with van der Waals surface area (Å²) in [6.07, 6.45) is -0.117. The summed E-state index contributed by atoms with van der Waals surface area (Å²) >= 11 is 0. The van der Waals surface area contributed by atoms with Gasteiger partial charge in [0.1, 0.15) is 0 Å². The van der Waals surface area contributed by atoms with Gasteiger partial charge in [-0.1, -0.05) is 0 Å². The van der Waals surface area contributed by atoms with E-state index in [0.717, 1.165) is 5.06 Å². The minimum Gasteiger partial charge on any atom is -0.314 e. The Morgan fingerprint density at radius 2 is 1.60 bits per heavy atom. The fourth-order valence-electron chi connectivity index (χ4n) is 1.04. The second-order valence-electron chi connectivity index (χ2n) is 4.02. The highest BCUT2D eigenvalue weighted by molar-refractivity contribution is 7.53. The molecule has 0 heterocycles. The zero-order valence-corrected chi connectivity index (χ0v) is 11.0. The van der Waals surface area contributed by atoms with Crippen LogP contribution in [0.2, 0.25) is 0 Å². The molecule has 0 aliphatic rings. The average Bonchev–Trinajstić information content (AvgIpc) is 1.97. The molecule has 0 aromatic carbocycles. The van der Waals surface area contributed by atoms with Crippen LogP contribution >= 0.6 is 7.60 Å². The van der Waals surface area contributed by atoms with Gasteiger partial charge in [-0.3, -0.25) is 4.57 Å². The van der Waals surface area contributed by atoms with Crippen LogP contribution in [-0.4, -0.2) is 42.2 Å². The summed E-state index contributed by atoms with van der Waals surface area (Å²) in [5.74, 6) is 0. The summed E-state index contributed by atoms with van der Waals surface area (Å²) in [4.78, 5) is 0. The van der Waals surface area contributed by atoms with E-state index in [1.165, 1.54) is 7.05 Å². The van der Waals surface area contributed by atoms with E-state index in [9.17, 15) is 4.57 Å². The van der Waals surface area contributed by atoms with E-state index in [1.807, 2.05) is 0 Å². The molecule has 0 aromatic heterocycles. The lowest BCUT2D eigenvalue weighted by molar-refractivity contribution is -0.0602. The van der Waals surface area contributed by atoms with Gasteiger partial charge in [-0.05, 0) is 27.7 Å². The highest BCUT2D eigenvalue weighted by Crippen LogP contribution is 2.50. The van der Waals surface area contributed by atoms with Gasteiger partial charge in [0.25, 0.3) is 0 Å². The van der Waals surface area contributed by atoms with E-state index < -0.39 is 7.60 Å². The molecular weight excluding hydrogens is 217 g/mol. The zero-order chi connectivity index (χ0) is 12.1. The Morgan fingerprint density at radius 1 is 1.20 bits per heavy atom. The van der Waals surface area contributed by atoms with Gasteiger partial charge in [-0.25, -0.2) is 0 Å². The van der Waals surface area contributed by atoms with Crippen molar-refractivity contribution in [3.8, 4) is 0 Å². The van der Waals surface area contributed by atoms with Crippen LogP contribution in [0.4, 0.5) is 0 Å². The maximum Gasteiger partial charge on any atom is 0.332 e. The van der Waals surface area contributed by atoms with Gasteiger partial charge in [0, 0.05) is 13.6 Å². The molecule has 0 aliphatic heterocycles. The van der Waals surface area contributed by atoms with Gasteiger partial charge in [-0.15, -0.1) is 0 Å². The van der Waals surface area contributed by atoms with Crippen molar-refractivity contribution < 1.29 is 18.8 Å². The first-order valence-electron chi connectivity index (χ1n) is 5.11. The van der Waals surface area contributed by atoms with Crippen molar-refractivity contribution in [2.75, 3.05) is 19.8 Å². The van der Waals surface area contributed by atoms with E-state index in [0.29, 0.717) is 0 Å². The predicted octanol–water partition coefficient (Wildman–Crippen LogP) is 2.35. The van der Waals surface area contributed by atoms with Crippen molar-refractivity contribution >= 4 is 7.60 Å². The van der Waals surface area contributed by atoms with E-state index >= 15 is 0 Å². The lowest BCUT2D eigenvalue weighted by Crippen LogP contribution is -2.20. The number of hydroxylamine groups is 2. The van der Waals surface area contributed by atoms with Crippen molar-refractivity contribution in [1.82, 2.24) is 5.06 Å². The molecule has 0 bridgehead atoms. The van der Waals surface area contributed by atoms with Crippen LogP contribution in [0.15, 0.2) is 0 Å². The standard InChI is InChI=1S/C9H22NO4P/c1-8(2)13-15(12,14-9(3)4)7-6-10(5)11/h8-9,11H,6-7H2,1-5H3. The molecule has 0 unspecified atom stereocenters. The van der Waals surface area contributed by atoms with E-state index in [-0.39, 0.29) is 24.9 Å². The van der Waals surface area contributed by atoms with Gasteiger partial charge < -0.3 is 14.3 Å². The second-order valence-corrected chi connectivity index (χ2v) is 6.11. The van der Waals surface area contributed by atoms with Crippen LogP contribution in [-0.2, 0) is 13.6 Å². The molecule has 0 saturated carbocycles. The predicted molar refractivity (Wildman–Crippen MR) is 59.3 cm³/mol. The van der Waals surface area contributed by atoms with Crippen LogP contribution in [0.3, 0.4) is 0 Å². The fourth-order valence-corrected chi connectivity index (χ4v) is 3.12. The summed E-state index contributed by atoms with van der Waals surface area (Å²) in [6, 6.07) is 0. The van der Waals surface area contributed by atoms with Crippen molar-refractivity contribution in [3.05, 3.63) is 0 Å². The molecule has 0 fully saturated rings. The number of nitrogens with zero attached hydrogens (tertiary/aromatic N) is 1. The molecule has 0 amide bonds. The Bertz CT molecular complexity index is 204. The monoisotopic (exact) mass is 239 g/mol. The fraction of sp³-hybridized carbons (Fsp3) is 1.00. The smallest absolute Gasteiger partial charge is 0.314 e. The molecule has 15 heavy (non-hydrogen) atoms. The van der Waals surface area contributed by atoms with Crippen molar-refractivity contribution in [3.63, 3.8) is 0 Å². The first kappa shape index (κ1) is 15.1. The molecule has 92 valence electrons. The summed E-state index contributed by atoms with van der Waals surface area (Å²) in [5.41, 5.74) is 0. The summed E-state index contributed by atoms with van der Waals surface area (Å²) < 4.78 is 22.7. The highest BCUT2D eigenvalue weighted by atomic mass is 31.2. The molecule has 0 saturated heterocycles. The minimum absolute atomic E-state index is 0.154. The molecule has 5 nitrogen and oxygen atoms in total. The maximum atomic E-state index is 12.2. The van der Waals surface area contributed by atoms with Crippen LogP contribution < -0.4 is 0 Å². The first-order valence-corrected chi connectivity index (χ1v) is 6.84. The summed E-state index contributed by atoms with van der Waals surface area (Å²) in [7, 11) is -1.59. The molecular formula is C9H22NO4P. The molecule has 0 rings (SSSR count). The van der Waals surface area contributed by atoms with Crippen LogP contribution in [0.1, 0.15) is 27.7 Å². The van der Waals surface area contributed by atoms with Gasteiger partial charge >= 0.3 is 7.60 Å². The summed E-state index contributed by atoms with van der Waals surface area (Å²) in [5, 5.41) is 9.96. The Labute approximate surface area is 91.9 Å². The third-order valence-corrected chi connectivity index (χ3v) is 3.67. The molecule has 6 heteroatoms. The number of hydrogen-bond donors (Lipinski definition) is 1. The molecule has 0 atom stereocenters. The third kappa shape index (κ3) is 7.94. The molecule has 0 aliphatic carbocycles. The first-order chi connectivity index (χ1) is 6.75. The lowest BCUT2D eigenvalue weighted by Gasteiger charge is -2.23. The second kappa shape index (κ2) is 6.61. The van der Waals surface area contributed by atoms with E-state index in [4.69, 9.17) is 14.3 Å². The Kier molecular flexibility index (Phi) is 6.64. The van der Waals surface area contributed by atoms with Gasteiger partial charge in [-0.2, -0.15) is 5.06 Å². The van der Waals surface area contributed by atoms with Crippen LogP contribution in [0, 0.1) is 0 Å². The van der Waals surface area contributed by atoms with E-state index in [2.05, 4.69) is 0 Å². The molecule has 0 aromatic rings. The molecule has 1 N–H and O–H groups in total. The Balaban J connectivity index is 4.34. The zero-order valence-electron chi connectivity index (χ0n) is 10.1. The van der Waals surface area contributed by atoms with Gasteiger partial charge in [0.05, 0.1) is 18.4 Å². The van der Waals surface area contributed by atoms with Crippen molar-refractivity contribution in [1.29, 1.82) is 0 Å². The minimum atomic E-state index is -3.09. The quantitative estimate of drug-likeness (QED) is 0.546. The summed E-state index contributed by atoms with van der Waals surface area (Å²) in [6.45, 7) is 7.48. The molecule has 0 spiro atoms. The normalized spacial score (nSPS) is 13.1. The van der Waals surface area contributed by atoms with Crippen LogP contribution in [0.25, 0.3) is 0 Å². The highest BCUT2D eigenvalue weighted by Gasteiger charge is 2.27. The van der Waals surface area contributed by atoms with Gasteiger partial charge in [0.15, 0.2) is 0 Å². The third-order valence-electron chi connectivity index (χ3n) is 1.44. The molecule has 0 radical (unpaired) electrons. The Morgan fingerprint density at radius 3 is 1.87 bits per heavy atom. The average molecular weight is 239 g/mol. The van der Waals surface area contributed by atoms with Crippen LogP contribution in [0.5, 0.6) is 0 Å². The van der Waals surface area contributed by atoms with Crippen molar-refractivity contribution in [2.24, 2.45) is 0 Å². The SMILES string of the molecule is CC(C)OP(=O)(CCN(C)O)OC(C)C. The largest absolute Gasteiger partial charge is 0.332 e. The van der Waals surface area contributed by atoms with Crippen molar-refractivity contribution in [2.45, 2.75) is 39.9 Å². The van der Waals surface area contributed by atoms with E-state index in [1.54, 1.807) is 27.7 Å². The number of rotatable bonds is 7. The maximum absolute atomic E-state index is 12.2. The van der Waals surface area contributed by atoms with Gasteiger partial charge in [0.2, 0.25) is 0 Å².